The minimum atomic E-state index is -3.83. The van der Waals surface area contributed by atoms with Crippen LogP contribution in [0, 0.1) is 6.92 Å². The van der Waals surface area contributed by atoms with Gasteiger partial charge in [-0.25, -0.2) is 8.42 Å². The highest BCUT2D eigenvalue weighted by atomic mass is 32.2. The van der Waals surface area contributed by atoms with Crippen LogP contribution in [0.1, 0.15) is 5.56 Å². The monoisotopic (exact) mass is 401 g/mol. The average Bonchev–Trinajstić information content (AvgIpc) is 2.60. The summed E-state index contributed by atoms with van der Waals surface area (Å²) in [5.74, 6) is 0. The molecule has 3 rings (SSSR count). The number of fused-ring (bicyclic) bond motifs is 1. The Morgan fingerprint density at radius 3 is 2.59 bits per heavy atom. The summed E-state index contributed by atoms with van der Waals surface area (Å²) in [5.41, 5.74) is 1.76. The van der Waals surface area contributed by atoms with E-state index in [1.165, 1.54) is 11.0 Å². The van der Waals surface area contributed by atoms with Crippen molar-refractivity contribution >= 4 is 43.6 Å². The van der Waals surface area contributed by atoms with Crippen LogP contribution in [0.5, 0.6) is 0 Å². The van der Waals surface area contributed by atoms with Gasteiger partial charge in [0, 0.05) is 36.3 Å². The number of sulfonamides is 1. The number of benzene rings is 2. The van der Waals surface area contributed by atoms with Gasteiger partial charge in [-0.15, -0.1) is 0 Å². The number of amides is 1. The van der Waals surface area contributed by atoms with E-state index in [1.54, 1.807) is 50.6 Å². The Labute approximate surface area is 162 Å². The Kier molecular flexibility index (Phi) is 5.38. The quantitative estimate of drug-likeness (QED) is 0.665. The number of aromatic nitrogens is 1. The van der Waals surface area contributed by atoms with Crippen LogP contribution in [0.2, 0.25) is 0 Å². The fraction of sp³-hybridized carbons (Fsp3) is 0.158. The maximum Gasteiger partial charge on any atom is 0.285 e. The number of pyridine rings is 1. The zero-order valence-electron chi connectivity index (χ0n) is 15.1. The molecule has 0 saturated heterocycles. The average molecular weight is 402 g/mol. The summed E-state index contributed by atoms with van der Waals surface area (Å²) in [6.07, 6.45) is 1.64. The highest BCUT2D eigenvalue weighted by Crippen LogP contribution is 2.27. The largest absolute Gasteiger partial charge is 0.339 e. The molecular weight excluding hydrogens is 382 g/mol. The van der Waals surface area contributed by atoms with Gasteiger partial charge < -0.3 is 4.90 Å². The molecule has 27 heavy (non-hydrogen) atoms. The standard InChI is InChI=1S/C19H19N3O3S2/c1-13-10-14-6-4-9-17(18(14)20-12-13)27(24,25)21-15-7-5-8-16(11-15)26-19(23)22(2)3/h4-12,21H,1-3H3. The van der Waals surface area contributed by atoms with Crippen LogP contribution in [-0.2, 0) is 10.0 Å². The fourth-order valence-corrected chi connectivity index (χ4v) is 4.43. The van der Waals surface area contributed by atoms with Crippen LogP contribution in [0.25, 0.3) is 10.9 Å². The number of rotatable bonds is 4. The van der Waals surface area contributed by atoms with E-state index >= 15 is 0 Å². The van der Waals surface area contributed by atoms with Gasteiger partial charge >= 0.3 is 0 Å². The minimum Gasteiger partial charge on any atom is -0.339 e. The lowest BCUT2D eigenvalue weighted by Gasteiger charge is -2.12. The molecule has 1 aromatic heterocycles. The first-order valence-electron chi connectivity index (χ1n) is 8.14. The molecule has 0 aliphatic heterocycles. The van der Waals surface area contributed by atoms with E-state index in [2.05, 4.69) is 9.71 Å². The molecule has 6 nitrogen and oxygen atoms in total. The predicted octanol–water partition coefficient (Wildman–Crippen LogP) is 4.12. The molecule has 1 amide bonds. The van der Waals surface area contributed by atoms with Gasteiger partial charge in [0.1, 0.15) is 4.90 Å². The van der Waals surface area contributed by atoms with Crippen LogP contribution in [0.3, 0.4) is 0 Å². The number of thioether (sulfide) groups is 1. The summed E-state index contributed by atoms with van der Waals surface area (Å²) >= 11 is 1.03. The van der Waals surface area contributed by atoms with Crippen molar-refractivity contribution in [2.45, 2.75) is 16.7 Å². The topological polar surface area (TPSA) is 79.4 Å². The lowest BCUT2D eigenvalue weighted by atomic mass is 10.2. The maximum absolute atomic E-state index is 12.9. The van der Waals surface area contributed by atoms with Crippen LogP contribution >= 0.6 is 11.8 Å². The third-order valence-electron chi connectivity index (χ3n) is 3.76. The molecule has 1 N–H and O–H groups in total. The third kappa shape index (κ3) is 4.40. The van der Waals surface area contributed by atoms with Gasteiger partial charge in [-0.1, -0.05) is 18.2 Å². The predicted molar refractivity (Wildman–Crippen MR) is 109 cm³/mol. The number of hydrogen-bond donors (Lipinski definition) is 1. The molecule has 0 bridgehead atoms. The molecule has 0 spiro atoms. The van der Waals surface area contributed by atoms with E-state index in [-0.39, 0.29) is 10.1 Å². The minimum absolute atomic E-state index is 0.113. The first-order valence-corrected chi connectivity index (χ1v) is 10.4. The fourth-order valence-electron chi connectivity index (χ4n) is 2.49. The van der Waals surface area contributed by atoms with Crippen molar-refractivity contribution in [1.29, 1.82) is 0 Å². The van der Waals surface area contributed by atoms with Gasteiger partial charge in [-0.2, -0.15) is 0 Å². The van der Waals surface area contributed by atoms with Crippen molar-refractivity contribution in [1.82, 2.24) is 9.88 Å². The lowest BCUT2D eigenvalue weighted by Crippen LogP contribution is -2.16. The second-order valence-electron chi connectivity index (χ2n) is 6.24. The second kappa shape index (κ2) is 7.58. The van der Waals surface area contributed by atoms with Crippen molar-refractivity contribution < 1.29 is 13.2 Å². The summed E-state index contributed by atoms with van der Waals surface area (Å²) in [5, 5.41) is 0.627. The Morgan fingerprint density at radius 1 is 1.11 bits per heavy atom. The van der Waals surface area contributed by atoms with E-state index < -0.39 is 10.0 Å². The summed E-state index contributed by atoms with van der Waals surface area (Å²) in [4.78, 5) is 18.4. The van der Waals surface area contributed by atoms with E-state index in [4.69, 9.17) is 0 Å². The van der Waals surface area contributed by atoms with Gasteiger partial charge in [0.15, 0.2) is 0 Å². The molecule has 0 aliphatic carbocycles. The normalized spacial score (nSPS) is 11.4. The number of carbonyl (C=O) groups excluding carboxylic acids is 1. The number of nitrogens with one attached hydrogen (secondary N) is 1. The van der Waals surface area contributed by atoms with Crippen molar-refractivity contribution in [3.63, 3.8) is 0 Å². The Morgan fingerprint density at radius 2 is 1.85 bits per heavy atom. The first-order chi connectivity index (χ1) is 12.8. The highest BCUT2D eigenvalue weighted by molar-refractivity contribution is 8.13. The van der Waals surface area contributed by atoms with Gasteiger partial charge in [-0.05, 0) is 54.6 Å². The molecule has 0 aliphatic rings. The van der Waals surface area contributed by atoms with Gasteiger partial charge in [0.25, 0.3) is 15.3 Å². The number of carbonyl (C=O) groups is 1. The number of aryl methyl sites for hydroxylation is 1. The summed E-state index contributed by atoms with van der Waals surface area (Å²) < 4.78 is 28.4. The number of anilines is 1. The number of para-hydroxylation sites is 1. The second-order valence-corrected chi connectivity index (χ2v) is 8.91. The molecule has 0 fully saturated rings. The summed E-state index contributed by atoms with van der Waals surface area (Å²) in [7, 11) is -0.504. The number of nitrogens with zero attached hydrogens (tertiary/aromatic N) is 2. The van der Waals surface area contributed by atoms with E-state index in [0.717, 1.165) is 22.7 Å². The van der Waals surface area contributed by atoms with Crippen LogP contribution in [0.15, 0.2) is 64.5 Å². The Bertz CT molecular complexity index is 1110. The third-order valence-corrected chi connectivity index (χ3v) is 6.20. The molecule has 0 atom stereocenters. The summed E-state index contributed by atoms with van der Waals surface area (Å²) in [6.45, 7) is 1.91. The molecule has 0 radical (unpaired) electrons. The van der Waals surface area contributed by atoms with Crippen LogP contribution in [0.4, 0.5) is 10.5 Å². The molecule has 0 saturated carbocycles. The van der Waals surface area contributed by atoms with E-state index in [0.29, 0.717) is 16.1 Å². The highest BCUT2D eigenvalue weighted by Gasteiger charge is 2.19. The van der Waals surface area contributed by atoms with Crippen molar-refractivity contribution in [3.05, 3.63) is 60.3 Å². The summed E-state index contributed by atoms with van der Waals surface area (Å²) in [6, 6.07) is 13.7. The van der Waals surface area contributed by atoms with Gasteiger partial charge in [0.05, 0.1) is 5.52 Å². The first kappa shape index (κ1) is 19.2. The Hall–Kier alpha value is -2.58. The van der Waals surface area contributed by atoms with Crippen molar-refractivity contribution in [2.24, 2.45) is 0 Å². The van der Waals surface area contributed by atoms with Crippen LogP contribution < -0.4 is 4.72 Å². The molecule has 1 heterocycles. The zero-order chi connectivity index (χ0) is 19.6. The van der Waals surface area contributed by atoms with Crippen molar-refractivity contribution in [2.75, 3.05) is 18.8 Å². The van der Waals surface area contributed by atoms with Crippen molar-refractivity contribution in [3.8, 4) is 0 Å². The smallest absolute Gasteiger partial charge is 0.285 e. The maximum atomic E-state index is 12.9. The molecule has 140 valence electrons. The van der Waals surface area contributed by atoms with E-state index in [1.807, 2.05) is 19.1 Å². The molecule has 8 heteroatoms. The molecular formula is C19H19N3O3S2. The molecule has 0 unspecified atom stereocenters. The number of hydrogen-bond acceptors (Lipinski definition) is 5. The van der Waals surface area contributed by atoms with Gasteiger partial charge in [0.2, 0.25) is 0 Å². The molecule has 3 aromatic rings. The van der Waals surface area contributed by atoms with E-state index in [9.17, 15) is 13.2 Å². The molecule has 2 aromatic carbocycles. The van der Waals surface area contributed by atoms with Gasteiger partial charge in [-0.3, -0.25) is 14.5 Å². The Balaban J connectivity index is 1.93. The zero-order valence-corrected chi connectivity index (χ0v) is 16.8. The lowest BCUT2D eigenvalue weighted by molar-refractivity contribution is 0.241. The SMILES string of the molecule is Cc1cnc2c(S(=O)(=O)Nc3cccc(SC(=O)N(C)C)c3)cccc2c1. The van der Waals surface area contributed by atoms with Crippen LogP contribution in [-0.4, -0.2) is 37.6 Å².